The van der Waals surface area contributed by atoms with E-state index in [-0.39, 0.29) is 5.75 Å². The van der Waals surface area contributed by atoms with Crippen molar-refractivity contribution in [1.82, 2.24) is 0 Å². The Hall–Kier alpha value is -2.84. The van der Waals surface area contributed by atoms with Gasteiger partial charge in [0.05, 0.1) is 21.3 Å². The van der Waals surface area contributed by atoms with E-state index in [0.717, 1.165) is 0 Å². The summed E-state index contributed by atoms with van der Waals surface area (Å²) in [5.74, 6) is 3.65. The van der Waals surface area contributed by atoms with Crippen LogP contribution in [-0.4, -0.2) is 31.5 Å². The van der Waals surface area contributed by atoms with Crippen LogP contribution in [0.5, 0.6) is 23.0 Å². The van der Waals surface area contributed by atoms with E-state index < -0.39 is 5.60 Å². The molecule has 0 aromatic heterocycles. The molecule has 0 saturated carbocycles. The van der Waals surface area contributed by atoms with Crippen molar-refractivity contribution in [2.24, 2.45) is 0 Å². The molecule has 0 aliphatic heterocycles. The van der Waals surface area contributed by atoms with Gasteiger partial charge in [0, 0.05) is 23.3 Å². The number of hydrogen-bond donors (Lipinski definition) is 2. The number of methoxy groups -OCH3 is 3. The molecule has 5 nitrogen and oxygen atoms in total. The Morgan fingerprint density at radius 3 is 1.70 bits per heavy atom. The van der Waals surface area contributed by atoms with E-state index in [1.165, 1.54) is 33.5 Å². The van der Waals surface area contributed by atoms with Crippen LogP contribution in [0.3, 0.4) is 0 Å². The first kappa shape index (κ1) is 16.5. The molecule has 5 heteroatoms. The zero-order chi connectivity index (χ0) is 17.0. The Kier molecular flexibility index (Phi) is 4.68. The third kappa shape index (κ3) is 3.17. The van der Waals surface area contributed by atoms with Gasteiger partial charge in [0.15, 0.2) is 5.60 Å². The monoisotopic (exact) mass is 314 g/mol. The second kappa shape index (κ2) is 6.51. The Bertz CT molecular complexity index is 725. The number of hydrogen-bond acceptors (Lipinski definition) is 5. The van der Waals surface area contributed by atoms with E-state index in [1.54, 1.807) is 24.3 Å². The summed E-state index contributed by atoms with van der Waals surface area (Å²) in [4.78, 5) is 0. The molecule has 23 heavy (non-hydrogen) atoms. The Morgan fingerprint density at radius 1 is 0.826 bits per heavy atom. The van der Waals surface area contributed by atoms with Crippen molar-refractivity contribution in [2.75, 3.05) is 21.3 Å². The molecule has 0 aliphatic rings. The maximum atomic E-state index is 11.0. The minimum Gasteiger partial charge on any atom is -0.508 e. The second-order valence-electron chi connectivity index (χ2n) is 4.88. The van der Waals surface area contributed by atoms with E-state index in [1.807, 2.05) is 0 Å². The van der Waals surface area contributed by atoms with Crippen LogP contribution in [0.25, 0.3) is 0 Å². The number of phenolic OH excluding ortho intramolecular Hbond substituents is 1. The third-order valence-electron chi connectivity index (χ3n) is 3.52. The van der Waals surface area contributed by atoms with Crippen LogP contribution >= 0.6 is 0 Å². The standard InChI is InChI=1S/C18H18O5/c1-5-18(20,12-6-14(19)10-15(7-12)21-2)13-8-16(22-3)11-17(9-13)23-4/h1,6-11,19-20H,2-4H3. The van der Waals surface area contributed by atoms with Crippen molar-refractivity contribution >= 4 is 0 Å². The molecule has 2 aromatic rings. The van der Waals surface area contributed by atoms with Gasteiger partial charge in [-0.2, -0.15) is 0 Å². The molecule has 2 N–H and O–H groups in total. The highest BCUT2D eigenvalue weighted by Crippen LogP contribution is 2.37. The van der Waals surface area contributed by atoms with Gasteiger partial charge in [-0.25, -0.2) is 0 Å². The number of rotatable bonds is 5. The number of ether oxygens (including phenoxy) is 3. The highest BCUT2D eigenvalue weighted by Gasteiger charge is 2.31. The fraction of sp³-hybridized carbons (Fsp3) is 0.222. The van der Waals surface area contributed by atoms with Gasteiger partial charge < -0.3 is 24.4 Å². The van der Waals surface area contributed by atoms with Gasteiger partial charge in [0.2, 0.25) is 0 Å². The summed E-state index contributed by atoms with van der Waals surface area (Å²) in [6.45, 7) is 0. The summed E-state index contributed by atoms with van der Waals surface area (Å²) in [5, 5.41) is 20.9. The van der Waals surface area contributed by atoms with Gasteiger partial charge in [-0.1, -0.05) is 5.92 Å². The quantitative estimate of drug-likeness (QED) is 0.829. The van der Waals surface area contributed by atoms with E-state index in [9.17, 15) is 10.2 Å². The van der Waals surface area contributed by atoms with Crippen LogP contribution in [0.2, 0.25) is 0 Å². The number of aromatic hydroxyl groups is 1. The van der Waals surface area contributed by atoms with Crippen LogP contribution in [0.1, 0.15) is 11.1 Å². The van der Waals surface area contributed by atoms with Gasteiger partial charge in [0.25, 0.3) is 0 Å². The van der Waals surface area contributed by atoms with Crippen molar-refractivity contribution in [2.45, 2.75) is 5.60 Å². The normalized spacial score (nSPS) is 12.8. The van der Waals surface area contributed by atoms with Crippen LogP contribution < -0.4 is 14.2 Å². The van der Waals surface area contributed by atoms with Gasteiger partial charge in [-0.3, -0.25) is 0 Å². The van der Waals surface area contributed by atoms with Crippen LogP contribution in [0, 0.1) is 12.3 Å². The van der Waals surface area contributed by atoms with Crippen LogP contribution in [-0.2, 0) is 5.60 Å². The zero-order valence-corrected chi connectivity index (χ0v) is 13.2. The van der Waals surface area contributed by atoms with Crippen molar-refractivity contribution < 1.29 is 24.4 Å². The van der Waals surface area contributed by atoms with Gasteiger partial charge >= 0.3 is 0 Å². The molecule has 1 atom stereocenters. The van der Waals surface area contributed by atoms with E-state index in [2.05, 4.69) is 5.92 Å². The van der Waals surface area contributed by atoms with E-state index >= 15 is 0 Å². The van der Waals surface area contributed by atoms with Crippen molar-refractivity contribution in [1.29, 1.82) is 0 Å². The average Bonchev–Trinajstić information content (AvgIpc) is 2.59. The van der Waals surface area contributed by atoms with Crippen molar-refractivity contribution in [3.05, 3.63) is 47.5 Å². The minimum absolute atomic E-state index is 0.0668. The lowest BCUT2D eigenvalue weighted by Crippen LogP contribution is -2.25. The summed E-state index contributed by atoms with van der Waals surface area (Å²) >= 11 is 0. The molecule has 2 aromatic carbocycles. The van der Waals surface area contributed by atoms with Crippen molar-refractivity contribution in [3.63, 3.8) is 0 Å². The summed E-state index contributed by atoms with van der Waals surface area (Å²) in [7, 11) is 4.47. The molecule has 0 bridgehead atoms. The first-order valence-corrected chi connectivity index (χ1v) is 6.79. The molecule has 120 valence electrons. The highest BCUT2D eigenvalue weighted by molar-refractivity contribution is 5.52. The number of phenols is 1. The Labute approximate surface area is 135 Å². The van der Waals surface area contributed by atoms with Crippen molar-refractivity contribution in [3.8, 4) is 35.3 Å². The lowest BCUT2D eigenvalue weighted by molar-refractivity contribution is 0.144. The smallest absolute Gasteiger partial charge is 0.177 e. The van der Waals surface area contributed by atoms with Crippen LogP contribution in [0.15, 0.2) is 36.4 Å². The molecule has 0 saturated heterocycles. The first-order valence-electron chi connectivity index (χ1n) is 6.79. The Morgan fingerprint density at radius 2 is 1.26 bits per heavy atom. The molecule has 0 fully saturated rings. The van der Waals surface area contributed by atoms with Gasteiger partial charge in [0.1, 0.15) is 23.0 Å². The van der Waals surface area contributed by atoms with Gasteiger partial charge in [-0.05, 0) is 24.3 Å². The molecular formula is C18H18O5. The lowest BCUT2D eigenvalue weighted by Gasteiger charge is -2.25. The molecule has 0 heterocycles. The maximum Gasteiger partial charge on any atom is 0.177 e. The number of aliphatic hydroxyl groups is 1. The molecular weight excluding hydrogens is 296 g/mol. The summed E-state index contributed by atoms with van der Waals surface area (Å²) < 4.78 is 15.5. The molecule has 0 radical (unpaired) electrons. The Balaban J connectivity index is 2.66. The highest BCUT2D eigenvalue weighted by atomic mass is 16.5. The fourth-order valence-electron chi connectivity index (χ4n) is 2.26. The van der Waals surface area contributed by atoms with E-state index in [0.29, 0.717) is 28.4 Å². The zero-order valence-electron chi connectivity index (χ0n) is 13.2. The predicted molar refractivity (Wildman–Crippen MR) is 86.0 cm³/mol. The molecule has 0 aliphatic carbocycles. The molecule has 0 amide bonds. The topological polar surface area (TPSA) is 68.2 Å². The fourth-order valence-corrected chi connectivity index (χ4v) is 2.26. The molecule has 2 rings (SSSR count). The van der Waals surface area contributed by atoms with E-state index in [4.69, 9.17) is 20.6 Å². The maximum absolute atomic E-state index is 11.0. The summed E-state index contributed by atoms with van der Waals surface area (Å²) in [5.41, 5.74) is -1.11. The number of terminal acetylenes is 1. The summed E-state index contributed by atoms with van der Waals surface area (Å²) in [6.07, 6.45) is 5.59. The molecule has 0 spiro atoms. The first-order chi connectivity index (χ1) is 11.0. The largest absolute Gasteiger partial charge is 0.508 e. The summed E-state index contributed by atoms with van der Waals surface area (Å²) in [6, 6.07) is 9.26. The SMILES string of the molecule is C#CC(O)(c1cc(O)cc(OC)c1)c1cc(OC)cc(OC)c1. The lowest BCUT2D eigenvalue weighted by atomic mass is 9.86. The molecule has 1 unspecified atom stereocenters. The number of benzene rings is 2. The average molecular weight is 314 g/mol. The predicted octanol–water partition coefficient (Wildman–Crippen LogP) is 2.29. The van der Waals surface area contributed by atoms with Crippen LogP contribution in [0.4, 0.5) is 0 Å². The minimum atomic E-state index is -1.78. The third-order valence-corrected chi connectivity index (χ3v) is 3.52. The van der Waals surface area contributed by atoms with Gasteiger partial charge in [-0.15, -0.1) is 6.42 Å². The second-order valence-corrected chi connectivity index (χ2v) is 4.88.